The Labute approximate surface area is 201 Å². The molecule has 9 nitrogen and oxygen atoms in total. The maximum Gasteiger partial charge on any atom is 0.303 e. The number of carbonyl (C=O) groups excluding carboxylic acids is 3. The molecule has 1 heterocycles. The van der Waals surface area contributed by atoms with E-state index in [4.69, 9.17) is 15.9 Å². The van der Waals surface area contributed by atoms with Crippen molar-refractivity contribution in [3.8, 4) is 10.4 Å². The zero-order chi connectivity index (χ0) is 25.1. The molecule has 0 saturated heterocycles. The molecular formula is C24H28N2O7S. The lowest BCUT2D eigenvalue weighted by Crippen LogP contribution is -2.43. The van der Waals surface area contributed by atoms with Gasteiger partial charge < -0.3 is 21.3 Å². The Morgan fingerprint density at radius 3 is 2.12 bits per heavy atom. The number of rotatable bonds is 15. The number of amides is 2. The first-order valence-corrected chi connectivity index (χ1v) is 11.7. The number of aliphatic carboxylic acids is 2. The average molecular weight is 489 g/mol. The number of nitrogens with two attached hydrogens (primary N) is 1. The molecule has 0 radical (unpaired) electrons. The third kappa shape index (κ3) is 9.14. The molecule has 2 atom stereocenters. The Kier molecular flexibility index (Phi) is 10.4. The van der Waals surface area contributed by atoms with Crippen molar-refractivity contribution >= 4 is 40.9 Å². The summed E-state index contributed by atoms with van der Waals surface area (Å²) in [6.07, 6.45) is -0.781. The van der Waals surface area contributed by atoms with Gasteiger partial charge in [0.25, 0.3) is 0 Å². The van der Waals surface area contributed by atoms with Gasteiger partial charge in [-0.25, -0.2) is 0 Å². The third-order valence-corrected chi connectivity index (χ3v) is 6.25. The molecule has 0 spiro atoms. The largest absolute Gasteiger partial charge is 0.481 e. The molecule has 0 fully saturated rings. The van der Waals surface area contributed by atoms with Gasteiger partial charge in [-0.2, -0.15) is 0 Å². The summed E-state index contributed by atoms with van der Waals surface area (Å²) in [6, 6.07) is 10.7. The van der Waals surface area contributed by atoms with E-state index in [1.54, 1.807) is 11.3 Å². The van der Waals surface area contributed by atoms with Gasteiger partial charge in [0.05, 0.1) is 6.04 Å². The molecular weight excluding hydrogens is 460 g/mol. The molecule has 10 heteroatoms. The van der Waals surface area contributed by atoms with E-state index in [0.717, 1.165) is 16.0 Å². The number of ketones is 1. The van der Waals surface area contributed by atoms with Gasteiger partial charge in [0, 0.05) is 36.5 Å². The molecule has 5 N–H and O–H groups in total. The second-order valence-electron chi connectivity index (χ2n) is 7.93. The van der Waals surface area contributed by atoms with Gasteiger partial charge in [-0.15, -0.1) is 11.3 Å². The van der Waals surface area contributed by atoms with E-state index < -0.39 is 41.5 Å². The Morgan fingerprint density at radius 2 is 1.56 bits per heavy atom. The number of hydrogen-bond donors (Lipinski definition) is 4. The van der Waals surface area contributed by atoms with Crippen LogP contribution in [0.3, 0.4) is 0 Å². The van der Waals surface area contributed by atoms with Crippen molar-refractivity contribution < 1.29 is 34.2 Å². The van der Waals surface area contributed by atoms with Crippen LogP contribution in [0.15, 0.2) is 41.8 Å². The third-order valence-electron chi connectivity index (χ3n) is 5.33. The van der Waals surface area contributed by atoms with Crippen LogP contribution in [0.2, 0.25) is 0 Å². The van der Waals surface area contributed by atoms with E-state index in [9.17, 15) is 24.0 Å². The van der Waals surface area contributed by atoms with Crippen molar-refractivity contribution in [3.05, 3.63) is 47.3 Å². The van der Waals surface area contributed by atoms with Gasteiger partial charge in [0.15, 0.2) is 5.78 Å². The van der Waals surface area contributed by atoms with E-state index >= 15 is 0 Å². The number of Topliss-reactive ketones (excluding diaryl/α,β-unsaturated/α-hetero) is 1. The zero-order valence-electron chi connectivity index (χ0n) is 18.6. The number of carbonyl (C=O) groups is 5. The van der Waals surface area contributed by atoms with Crippen LogP contribution in [0.25, 0.3) is 10.4 Å². The van der Waals surface area contributed by atoms with Gasteiger partial charge in [-0.3, -0.25) is 24.0 Å². The molecule has 0 saturated carbocycles. The number of aryl methyl sites for hydroxylation is 1. The summed E-state index contributed by atoms with van der Waals surface area (Å²) in [6.45, 7) is 0. The molecule has 182 valence electrons. The average Bonchev–Trinajstić information content (AvgIpc) is 3.32. The Hall–Kier alpha value is -3.53. The number of carboxylic acid groups (broad SMARTS) is 2. The minimum absolute atomic E-state index is 0.0907. The van der Waals surface area contributed by atoms with E-state index in [-0.39, 0.29) is 38.5 Å². The van der Waals surface area contributed by atoms with Crippen LogP contribution in [0, 0.1) is 5.92 Å². The predicted octanol–water partition coefficient (Wildman–Crippen LogP) is 2.62. The van der Waals surface area contributed by atoms with Gasteiger partial charge in [0.2, 0.25) is 11.8 Å². The van der Waals surface area contributed by atoms with Gasteiger partial charge in [-0.05, 0) is 41.8 Å². The Morgan fingerprint density at radius 1 is 0.912 bits per heavy atom. The number of primary amides is 1. The summed E-state index contributed by atoms with van der Waals surface area (Å²) in [5.74, 6) is -5.05. The predicted molar refractivity (Wildman–Crippen MR) is 126 cm³/mol. The zero-order valence-corrected chi connectivity index (χ0v) is 19.4. The van der Waals surface area contributed by atoms with Gasteiger partial charge in [-0.1, -0.05) is 30.3 Å². The highest BCUT2D eigenvalue weighted by atomic mass is 32.1. The molecule has 0 bridgehead atoms. The van der Waals surface area contributed by atoms with E-state index in [1.807, 2.05) is 41.8 Å². The van der Waals surface area contributed by atoms with Crippen molar-refractivity contribution in [2.24, 2.45) is 11.7 Å². The van der Waals surface area contributed by atoms with Crippen molar-refractivity contribution in [2.75, 3.05) is 0 Å². The molecule has 2 aromatic rings. The summed E-state index contributed by atoms with van der Waals surface area (Å²) in [4.78, 5) is 59.7. The molecule has 0 unspecified atom stereocenters. The summed E-state index contributed by atoms with van der Waals surface area (Å²) < 4.78 is 0. The monoisotopic (exact) mass is 488 g/mol. The van der Waals surface area contributed by atoms with Crippen molar-refractivity contribution in [1.29, 1.82) is 0 Å². The first-order chi connectivity index (χ1) is 16.2. The fourth-order valence-electron chi connectivity index (χ4n) is 3.41. The van der Waals surface area contributed by atoms with Crippen LogP contribution in [0.4, 0.5) is 0 Å². The molecule has 0 aliphatic carbocycles. The molecule has 0 aliphatic heterocycles. The maximum atomic E-state index is 12.7. The summed E-state index contributed by atoms with van der Waals surface area (Å²) in [5, 5.41) is 22.3. The summed E-state index contributed by atoms with van der Waals surface area (Å²) in [7, 11) is 0. The summed E-state index contributed by atoms with van der Waals surface area (Å²) >= 11 is 1.63. The number of nitrogens with one attached hydrogen (secondary N) is 1. The maximum absolute atomic E-state index is 12.7. The topological polar surface area (TPSA) is 164 Å². The minimum Gasteiger partial charge on any atom is -0.481 e. The minimum atomic E-state index is -1.13. The number of thiophene rings is 1. The van der Waals surface area contributed by atoms with E-state index in [1.165, 1.54) is 0 Å². The first kappa shape index (κ1) is 26.7. The first-order valence-electron chi connectivity index (χ1n) is 10.8. The SMILES string of the molecule is NC(=O)[C@H](CCC(=O)O)CC(=O)[C@H](CCC(=O)O)NC(=O)CCc1ccc(-c2cccs2)cc1. The lowest BCUT2D eigenvalue weighted by molar-refractivity contribution is -0.139. The van der Waals surface area contributed by atoms with Crippen LogP contribution in [-0.4, -0.2) is 45.8 Å². The van der Waals surface area contributed by atoms with Crippen LogP contribution < -0.4 is 11.1 Å². The second kappa shape index (κ2) is 13.2. The Balaban J connectivity index is 1.95. The smallest absolute Gasteiger partial charge is 0.303 e. The molecule has 0 aliphatic rings. The van der Waals surface area contributed by atoms with Crippen LogP contribution in [0.1, 0.15) is 44.1 Å². The lowest BCUT2D eigenvalue weighted by atomic mass is 9.92. The van der Waals surface area contributed by atoms with Crippen LogP contribution in [-0.2, 0) is 30.4 Å². The summed E-state index contributed by atoms with van der Waals surface area (Å²) in [5.41, 5.74) is 7.30. The molecule has 1 aromatic carbocycles. The standard InChI is InChI=1S/C24H28N2O7S/c25-24(33)17(8-11-22(29)30)14-19(27)18(9-12-23(31)32)26-21(28)10-5-15-3-6-16(7-4-15)20-2-1-13-34-20/h1-4,6-7,13,17-18H,5,8-12,14H2,(H2,25,33)(H,26,28)(H,29,30)(H,31,32)/t17-,18+/m1/s1. The fraction of sp³-hybridized carbons (Fsp3) is 0.375. The molecule has 2 amide bonds. The van der Waals surface area contributed by atoms with Crippen molar-refractivity contribution in [1.82, 2.24) is 5.32 Å². The highest BCUT2D eigenvalue weighted by molar-refractivity contribution is 7.13. The van der Waals surface area contributed by atoms with E-state index in [2.05, 4.69) is 5.32 Å². The number of carboxylic acids is 2. The highest BCUT2D eigenvalue weighted by Crippen LogP contribution is 2.25. The van der Waals surface area contributed by atoms with Crippen LogP contribution >= 0.6 is 11.3 Å². The molecule has 2 rings (SSSR count). The second-order valence-corrected chi connectivity index (χ2v) is 8.88. The molecule has 1 aromatic heterocycles. The quantitative estimate of drug-likeness (QED) is 0.299. The van der Waals surface area contributed by atoms with Gasteiger partial charge >= 0.3 is 11.9 Å². The number of hydrogen-bond acceptors (Lipinski definition) is 6. The van der Waals surface area contributed by atoms with Crippen LogP contribution in [0.5, 0.6) is 0 Å². The normalized spacial score (nSPS) is 12.5. The van der Waals surface area contributed by atoms with Crippen molar-refractivity contribution in [3.63, 3.8) is 0 Å². The highest BCUT2D eigenvalue weighted by Gasteiger charge is 2.27. The van der Waals surface area contributed by atoms with Crippen molar-refractivity contribution in [2.45, 2.75) is 51.0 Å². The van der Waals surface area contributed by atoms with E-state index in [0.29, 0.717) is 6.42 Å². The molecule has 34 heavy (non-hydrogen) atoms. The lowest BCUT2D eigenvalue weighted by Gasteiger charge is -2.19. The Bertz CT molecular complexity index is 1000. The van der Waals surface area contributed by atoms with Gasteiger partial charge in [0.1, 0.15) is 0 Å². The fourth-order valence-corrected chi connectivity index (χ4v) is 4.15. The number of benzene rings is 1.